The molecule has 1 atom stereocenters. The standard InChI is InChI=1S/C14H31N.C10H23O4P/c1-4-5-6-7-8-9-10-11-12-13-14-15(2)3;1-3-5-6-8-10(7-4-2)9-14-15(11,12)13/h4-14H2,1-3H3;10H,3-9H2,1-2H3,(H2,11,12,13). The third-order valence-corrected chi connectivity index (χ3v) is 5.84. The van der Waals surface area contributed by atoms with Gasteiger partial charge in [-0.1, -0.05) is 104 Å². The predicted octanol–water partition coefficient (Wildman–Crippen LogP) is 7.56. The Morgan fingerprint density at radius 1 is 0.700 bits per heavy atom. The van der Waals surface area contributed by atoms with E-state index in [-0.39, 0.29) is 12.5 Å². The molecule has 0 aliphatic heterocycles. The maximum Gasteiger partial charge on any atom is 0.469 e. The molecule has 0 heterocycles. The molecule has 6 heteroatoms. The van der Waals surface area contributed by atoms with Crippen molar-refractivity contribution in [2.45, 2.75) is 124 Å². The Morgan fingerprint density at radius 3 is 1.60 bits per heavy atom. The summed E-state index contributed by atoms with van der Waals surface area (Å²) in [5.74, 6) is 0.286. The van der Waals surface area contributed by atoms with Crippen LogP contribution in [0.1, 0.15) is 124 Å². The summed E-state index contributed by atoms with van der Waals surface area (Å²) in [5.41, 5.74) is 0. The minimum Gasteiger partial charge on any atom is -0.309 e. The van der Waals surface area contributed by atoms with Crippen molar-refractivity contribution in [3.63, 3.8) is 0 Å². The van der Waals surface area contributed by atoms with Crippen molar-refractivity contribution in [3.05, 3.63) is 0 Å². The fourth-order valence-electron chi connectivity index (χ4n) is 3.52. The molecule has 184 valence electrons. The van der Waals surface area contributed by atoms with Crippen LogP contribution in [0.3, 0.4) is 0 Å². The van der Waals surface area contributed by atoms with Crippen LogP contribution in [0.4, 0.5) is 0 Å². The molecular weight excluding hydrogens is 397 g/mol. The number of nitrogens with zero attached hydrogens (tertiary/aromatic N) is 1. The van der Waals surface area contributed by atoms with Crippen LogP contribution in [0.25, 0.3) is 0 Å². The molecule has 1 unspecified atom stereocenters. The fraction of sp³-hybridized carbons (Fsp3) is 1.00. The zero-order valence-corrected chi connectivity index (χ0v) is 21.8. The van der Waals surface area contributed by atoms with Gasteiger partial charge >= 0.3 is 7.82 Å². The lowest BCUT2D eigenvalue weighted by Gasteiger charge is -2.16. The molecule has 0 amide bonds. The van der Waals surface area contributed by atoms with Crippen molar-refractivity contribution in [3.8, 4) is 0 Å². The summed E-state index contributed by atoms with van der Waals surface area (Å²) < 4.78 is 15.1. The van der Waals surface area contributed by atoms with Gasteiger partial charge < -0.3 is 14.7 Å². The van der Waals surface area contributed by atoms with Gasteiger partial charge in [-0.25, -0.2) is 4.57 Å². The van der Waals surface area contributed by atoms with Crippen molar-refractivity contribution in [1.82, 2.24) is 4.90 Å². The second kappa shape index (κ2) is 23.7. The molecule has 0 aliphatic carbocycles. The van der Waals surface area contributed by atoms with Gasteiger partial charge in [0.15, 0.2) is 0 Å². The van der Waals surface area contributed by atoms with Crippen molar-refractivity contribution in [2.24, 2.45) is 5.92 Å². The summed E-state index contributed by atoms with van der Waals surface area (Å²) in [6.45, 7) is 7.94. The van der Waals surface area contributed by atoms with Gasteiger partial charge in [-0.2, -0.15) is 0 Å². The van der Waals surface area contributed by atoms with E-state index < -0.39 is 7.82 Å². The lowest BCUT2D eigenvalue weighted by atomic mass is 9.98. The Balaban J connectivity index is 0. The molecule has 2 N–H and O–H groups in total. The topological polar surface area (TPSA) is 70.0 Å². The van der Waals surface area contributed by atoms with Gasteiger partial charge in [0.1, 0.15) is 0 Å². The number of unbranched alkanes of at least 4 members (excludes halogenated alkanes) is 11. The van der Waals surface area contributed by atoms with Crippen molar-refractivity contribution >= 4 is 7.82 Å². The van der Waals surface area contributed by atoms with E-state index in [4.69, 9.17) is 9.79 Å². The van der Waals surface area contributed by atoms with E-state index in [1.165, 1.54) is 77.2 Å². The van der Waals surface area contributed by atoms with Crippen molar-refractivity contribution in [2.75, 3.05) is 27.2 Å². The quantitative estimate of drug-likeness (QED) is 0.148. The Labute approximate surface area is 188 Å². The number of rotatable bonds is 20. The highest BCUT2D eigenvalue weighted by molar-refractivity contribution is 7.46. The summed E-state index contributed by atoms with van der Waals surface area (Å²) in [6, 6.07) is 0. The predicted molar refractivity (Wildman–Crippen MR) is 131 cm³/mol. The van der Waals surface area contributed by atoms with Gasteiger partial charge in [0.2, 0.25) is 0 Å². The zero-order valence-electron chi connectivity index (χ0n) is 20.9. The lowest BCUT2D eigenvalue weighted by molar-refractivity contribution is 0.158. The number of phosphoric ester groups is 1. The summed E-state index contributed by atoms with van der Waals surface area (Å²) in [4.78, 5) is 19.5. The van der Waals surface area contributed by atoms with Crippen molar-refractivity contribution in [1.29, 1.82) is 0 Å². The smallest absolute Gasteiger partial charge is 0.309 e. The first-order valence-corrected chi connectivity index (χ1v) is 14.1. The van der Waals surface area contributed by atoms with Crippen LogP contribution in [0.15, 0.2) is 0 Å². The summed E-state index contributed by atoms with van der Waals surface area (Å²) in [5, 5.41) is 0. The van der Waals surface area contributed by atoms with Gasteiger partial charge in [0.05, 0.1) is 6.61 Å². The minimum atomic E-state index is -4.28. The number of phosphoric acid groups is 1. The van der Waals surface area contributed by atoms with E-state index in [0.29, 0.717) is 0 Å². The van der Waals surface area contributed by atoms with Crippen LogP contribution < -0.4 is 0 Å². The maximum atomic E-state index is 10.5. The van der Waals surface area contributed by atoms with Crippen LogP contribution in [0.2, 0.25) is 0 Å². The Bertz CT molecular complexity index is 374. The first-order chi connectivity index (χ1) is 14.3. The third-order valence-electron chi connectivity index (χ3n) is 5.35. The van der Waals surface area contributed by atoms with E-state index in [2.05, 4.69) is 44.3 Å². The summed E-state index contributed by atoms with van der Waals surface area (Å²) >= 11 is 0. The molecule has 0 bridgehead atoms. The molecule has 0 aromatic carbocycles. The summed E-state index contributed by atoms with van der Waals surface area (Å²) in [6.07, 6.45) is 20.8. The van der Waals surface area contributed by atoms with Crippen LogP contribution >= 0.6 is 7.82 Å². The van der Waals surface area contributed by atoms with E-state index >= 15 is 0 Å². The molecular formula is C24H54NO4P. The lowest BCUT2D eigenvalue weighted by Crippen LogP contribution is -2.12. The molecule has 0 saturated heterocycles. The third kappa shape index (κ3) is 30.3. The number of hydrogen-bond donors (Lipinski definition) is 2. The average Bonchev–Trinajstić information content (AvgIpc) is 2.67. The molecule has 0 fully saturated rings. The second-order valence-electron chi connectivity index (χ2n) is 8.92. The Morgan fingerprint density at radius 2 is 1.17 bits per heavy atom. The molecule has 0 rings (SSSR count). The highest BCUT2D eigenvalue weighted by Crippen LogP contribution is 2.37. The van der Waals surface area contributed by atoms with E-state index in [9.17, 15) is 4.57 Å². The highest BCUT2D eigenvalue weighted by atomic mass is 31.2. The average molecular weight is 452 g/mol. The molecule has 30 heavy (non-hydrogen) atoms. The zero-order chi connectivity index (χ0) is 23.1. The van der Waals surface area contributed by atoms with Gasteiger partial charge in [-0.05, 0) is 45.8 Å². The number of hydrogen-bond acceptors (Lipinski definition) is 3. The first-order valence-electron chi connectivity index (χ1n) is 12.6. The van der Waals surface area contributed by atoms with Crippen LogP contribution in [0.5, 0.6) is 0 Å². The second-order valence-corrected chi connectivity index (χ2v) is 10.2. The molecule has 0 radical (unpaired) electrons. The Hall–Kier alpha value is 0.0700. The van der Waals surface area contributed by atoms with Gasteiger partial charge in [-0.3, -0.25) is 4.52 Å². The van der Waals surface area contributed by atoms with E-state index in [1.807, 2.05) is 0 Å². The largest absolute Gasteiger partial charge is 0.469 e. The molecule has 0 aliphatic rings. The minimum absolute atomic E-state index is 0.182. The van der Waals surface area contributed by atoms with Gasteiger partial charge in [0, 0.05) is 0 Å². The molecule has 0 aromatic rings. The van der Waals surface area contributed by atoms with Crippen LogP contribution in [-0.2, 0) is 9.09 Å². The van der Waals surface area contributed by atoms with Crippen LogP contribution in [-0.4, -0.2) is 41.9 Å². The van der Waals surface area contributed by atoms with Crippen molar-refractivity contribution < 1.29 is 18.9 Å². The summed E-state index contributed by atoms with van der Waals surface area (Å²) in [7, 11) is 0.0386. The van der Waals surface area contributed by atoms with E-state index in [1.54, 1.807) is 0 Å². The maximum absolute atomic E-state index is 10.5. The molecule has 5 nitrogen and oxygen atoms in total. The normalized spacial score (nSPS) is 12.7. The van der Waals surface area contributed by atoms with E-state index in [0.717, 1.165) is 32.1 Å². The molecule has 0 aromatic heterocycles. The first kappa shape index (κ1) is 32.3. The SMILES string of the molecule is CCCCCC(CCC)COP(=O)(O)O.CCCCCCCCCCCCN(C)C. The monoisotopic (exact) mass is 451 g/mol. The van der Waals surface area contributed by atoms with Gasteiger partial charge in [0.25, 0.3) is 0 Å². The molecule has 0 spiro atoms. The fourth-order valence-corrected chi connectivity index (χ4v) is 3.93. The highest BCUT2D eigenvalue weighted by Gasteiger charge is 2.17. The van der Waals surface area contributed by atoms with Crippen LogP contribution in [0, 0.1) is 5.92 Å². The molecule has 0 saturated carbocycles. The Kier molecular flexibility index (Phi) is 25.5. The van der Waals surface area contributed by atoms with Gasteiger partial charge in [-0.15, -0.1) is 0 Å².